The predicted octanol–water partition coefficient (Wildman–Crippen LogP) is 4.39. The Balaban J connectivity index is 1.88. The third kappa shape index (κ3) is 2.49. The number of nitro groups is 1. The molecule has 0 aliphatic carbocycles. The van der Waals surface area contributed by atoms with E-state index in [1.807, 2.05) is 13.0 Å². The first kappa shape index (κ1) is 17.7. The van der Waals surface area contributed by atoms with Gasteiger partial charge in [0.2, 0.25) is 0 Å². The standard InChI is InChI=1S/C20H21N3O3S/c1-11-6-5-7-12(2)18(11)22-19(27)21-17-13(3)20(22,4)26-16-9-8-14(23(24)25)10-15(16)17/h5-10,13,17H,1-4H3,(H,21,27)/t13-,17-,20+/m1/s1. The number of fused-ring (bicyclic) bond motifs is 4. The molecule has 27 heavy (non-hydrogen) atoms. The maximum atomic E-state index is 11.2. The molecule has 0 unspecified atom stereocenters. The van der Waals surface area contributed by atoms with Crippen LogP contribution in [0, 0.1) is 29.9 Å². The fraction of sp³-hybridized carbons (Fsp3) is 0.350. The van der Waals surface area contributed by atoms with E-state index in [4.69, 9.17) is 17.0 Å². The number of nitrogens with one attached hydrogen (secondary N) is 1. The van der Waals surface area contributed by atoms with Crippen molar-refractivity contribution in [2.24, 2.45) is 5.92 Å². The molecule has 1 N–H and O–H groups in total. The number of thiocarbonyl (C=S) groups is 1. The smallest absolute Gasteiger partial charge is 0.270 e. The van der Waals surface area contributed by atoms with Crippen molar-refractivity contribution >= 4 is 28.7 Å². The molecule has 2 aliphatic rings. The van der Waals surface area contributed by atoms with Gasteiger partial charge in [-0.15, -0.1) is 0 Å². The average Bonchev–Trinajstić information content (AvgIpc) is 2.60. The van der Waals surface area contributed by atoms with Gasteiger partial charge in [-0.05, 0) is 50.2 Å². The number of nitro benzene ring substituents is 1. The molecule has 2 bridgehead atoms. The zero-order valence-corrected chi connectivity index (χ0v) is 16.5. The van der Waals surface area contributed by atoms with Gasteiger partial charge in [0.15, 0.2) is 10.8 Å². The van der Waals surface area contributed by atoms with Crippen LogP contribution in [0.25, 0.3) is 0 Å². The molecule has 7 heteroatoms. The Kier molecular flexibility index (Phi) is 3.89. The highest BCUT2D eigenvalue weighted by atomic mass is 32.1. The van der Waals surface area contributed by atoms with Gasteiger partial charge >= 0.3 is 0 Å². The van der Waals surface area contributed by atoms with E-state index in [0.717, 1.165) is 22.4 Å². The molecule has 0 spiro atoms. The van der Waals surface area contributed by atoms with E-state index in [9.17, 15) is 10.1 Å². The molecule has 1 fully saturated rings. The second kappa shape index (κ2) is 5.92. The summed E-state index contributed by atoms with van der Waals surface area (Å²) in [5.41, 5.74) is 3.39. The Morgan fingerprint density at radius 2 is 1.93 bits per heavy atom. The highest BCUT2D eigenvalue weighted by Crippen LogP contribution is 2.50. The van der Waals surface area contributed by atoms with Gasteiger partial charge in [0.05, 0.1) is 16.7 Å². The van der Waals surface area contributed by atoms with Crippen molar-refractivity contribution in [3.05, 3.63) is 63.2 Å². The minimum absolute atomic E-state index is 0.0118. The predicted molar refractivity (Wildman–Crippen MR) is 108 cm³/mol. The van der Waals surface area contributed by atoms with Crippen LogP contribution in [0.1, 0.15) is 36.6 Å². The molecule has 0 radical (unpaired) electrons. The summed E-state index contributed by atoms with van der Waals surface area (Å²) < 4.78 is 6.46. The molecule has 2 aliphatic heterocycles. The monoisotopic (exact) mass is 383 g/mol. The van der Waals surface area contributed by atoms with E-state index in [1.54, 1.807) is 12.1 Å². The van der Waals surface area contributed by atoms with Crippen molar-refractivity contribution in [2.45, 2.75) is 39.5 Å². The van der Waals surface area contributed by atoms with Gasteiger partial charge in [0, 0.05) is 23.6 Å². The first-order valence-corrected chi connectivity index (χ1v) is 9.29. The normalized spacial score (nSPS) is 26.1. The lowest BCUT2D eigenvalue weighted by Crippen LogP contribution is -2.69. The van der Waals surface area contributed by atoms with Crippen LogP contribution in [0.15, 0.2) is 36.4 Å². The van der Waals surface area contributed by atoms with E-state index in [1.165, 1.54) is 6.07 Å². The molecular formula is C20H21N3O3S. The molecular weight excluding hydrogens is 362 g/mol. The number of rotatable bonds is 2. The molecule has 1 saturated heterocycles. The lowest BCUT2D eigenvalue weighted by atomic mass is 9.80. The van der Waals surface area contributed by atoms with E-state index < -0.39 is 5.72 Å². The van der Waals surface area contributed by atoms with E-state index in [0.29, 0.717) is 10.9 Å². The Bertz CT molecular complexity index is 957. The SMILES string of the molecule is Cc1cccc(C)c1N1C(=S)N[C@H]2c3cc([N+](=O)[O-])ccc3O[C@@]1(C)[C@@H]2C. The fourth-order valence-electron chi connectivity index (χ4n) is 4.21. The molecule has 3 atom stereocenters. The summed E-state index contributed by atoms with van der Waals surface area (Å²) in [5.74, 6) is 0.662. The van der Waals surface area contributed by atoms with Crippen LogP contribution in [0.2, 0.25) is 0 Å². The zero-order chi connectivity index (χ0) is 19.5. The second-order valence-electron chi connectivity index (χ2n) is 7.43. The van der Waals surface area contributed by atoms with E-state index in [-0.39, 0.29) is 22.6 Å². The number of hydrogen-bond acceptors (Lipinski definition) is 4. The number of aryl methyl sites for hydroxylation is 2. The van der Waals surface area contributed by atoms with E-state index >= 15 is 0 Å². The quantitative estimate of drug-likeness (QED) is 0.471. The topological polar surface area (TPSA) is 67.6 Å². The van der Waals surface area contributed by atoms with Gasteiger partial charge in [-0.1, -0.05) is 25.1 Å². The van der Waals surface area contributed by atoms with Crippen molar-refractivity contribution in [3.63, 3.8) is 0 Å². The largest absolute Gasteiger partial charge is 0.467 e. The number of hydrogen-bond donors (Lipinski definition) is 1. The molecule has 4 rings (SSSR count). The minimum Gasteiger partial charge on any atom is -0.467 e. The maximum absolute atomic E-state index is 11.2. The molecule has 0 aromatic heterocycles. The van der Waals surface area contributed by atoms with Gasteiger partial charge in [-0.2, -0.15) is 0 Å². The molecule has 0 saturated carbocycles. The summed E-state index contributed by atoms with van der Waals surface area (Å²) in [6.07, 6.45) is 0. The molecule has 140 valence electrons. The van der Waals surface area contributed by atoms with Crippen LogP contribution in [-0.2, 0) is 0 Å². The van der Waals surface area contributed by atoms with Crippen LogP contribution in [-0.4, -0.2) is 15.8 Å². The van der Waals surface area contributed by atoms with Gasteiger partial charge < -0.3 is 10.1 Å². The van der Waals surface area contributed by atoms with Crippen molar-refractivity contribution < 1.29 is 9.66 Å². The maximum Gasteiger partial charge on any atom is 0.270 e. The van der Waals surface area contributed by atoms with Crippen molar-refractivity contribution in [1.29, 1.82) is 0 Å². The number of nitrogens with zero attached hydrogens (tertiary/aromatic N) is 2. The lowest BCUT2D eigenvalue weighted by molar-refractivity contribution is -0.385. The van der Waals surface area contributed by atoms with Crippen molar-refractivity contribution in [1.82, 2.24) is 5.32 Å². The third-order valence-electron chi connectivity index (χ3n) is 5.79. The summed E-state index contributed by atoms with van der Waals surface area (Å²) in [7, 11) is 0. The average molecular weight is 383 g/mol. The van der Waals surface area contributed by atoms with Gasteiger partial charge in [0.1, 0.15) is 5.75 Å². The van der Waals surface area contributed by atoms with Crippen LogP contribution in [0.4, 0.5) is 11.4 Å². The molecule has 2 aromatic rings. The molecule has 0 amide bonds. The van der Waals surface area contributed by atoms with Crippen LogP contribution in [0.3, 0.4) is 0 Å². The van der Waals surface area contributed by atoms with Crippen LogP contribution >= 0.6 is 12.2 Å². The minimum atomic E-state index is -0.701. The first-order chi connectivity index (χ1) is 12.7. The summed E-state index contributed by atoms with van der Waals surface area (Å²) in [4.78, 5) is 12.9. The van der Waals surface area contributed by atoms with Crippen molar-refractivity contribution in [2.75, 3.05) is 4.90 Å². The Morgan fingerprint density at radius 1 is 1.26 bits per heavy atom. The van der Waals surface area contributed by atoms with E-state index in [2.05, 4.69) is 43.1 Å². The second-order valence-corrected chi connectivity index (χ2v) is 7.81. The summed E-state index contributed by atoms with van der Waals surface area (Å²) in [6, 6.07) is 10.8. The number of ether oxygens (including phenoxy) is 1. The Hall–Kier alpha value is -2.67. The number of anilines is 1. The molecule has 2 heterocycles. The number of para-hydroxylation sites is 1. The van der Waals surface area contributed by atoms with Gasteiger partial charge in [-0.25, -0.2) is 0 Å². The van der Waals surface area contributed by atoms with Crippen LogP contribution < -0.4 is 15.0 Å². The third-order valence-corrected chi connectivity index (χ3v) is 6.09. The van der Waals surface area contributed by atoms with Crippen LogP contribution in [0.5, 0.6) is 5.75 Å². The summed E-state index contributed by atoms with van der Waals surface area (Å²) in [6.45, 7) is 8.24. The number of benzene rings is 2. The first-order valence-electron chi connectivity index (χ1n) is 8.88. The lowest BCUT2D eigenvalue weighted by Gasteiger charge is -2.56. The Morgan fingerprint density at radius 3 is 2.56 bits per heavy atom. The zero-order valence-electron chi connectivity index (χ0n) is 15.6. The highest BCUT2D eigenvalue weighted by Gasteiger charge is 2.54. The van der Waals surface area contributed by atoms with Gasteiger partial charge in [-0.3, -0.25) is 15.0 Å². The molecule has 2 aromatic carbocycles. The highest BCUT2D eigenvalue weighted by molar-refractivity contribution is 7.80. The summed E-state index contributed by atoms with van der Waals surface area (Å²) in [5, 5.41) is 15.2. The number of non-ortho nitro benzene ring substituents is 1. The molecule has 6 nitrogen and oxygen atoms in total. The Labute approximate surface area is 163 Å². The summed E-state index contributed by atoms with van der Waals surface area (Å²) >= 11 is 5.72. The van der Waals surface area contributed by atoms with Gasteiger partial charge in [0.25, 0.3) is 5.69 Å². The van der Waals surface area contributed by atoms with Crippen molar-refractivity contribution in [3.8, 4) is 5.75 Å². The fourth-order valence-corrected chi connectivity index (χ4v) is 4.61.